The van der Waals surface area contributed by atoms with Gasteiger partial charge in [0.15, 0.2) is 17.4 Å². The summed E-state index contributed by atoms with van der Waals surface area (Å²) in [6.45, 7) is 2.38. The third-order valence-corrected chi connectivity index (χ3v) is 7.03. The molecule has 0 radical (unpaired) electrons. The van der Waals surface area contributed by atoms with Crippen molar-refractivity contribution in [2.45, 2.75) is 121 Å². The highest BCUT2D eigenvalue weighted by Crippen LogP contribution is 2.33. The maximum absolute atomic E-state index is 12.1. The van der Waals surface area contributed by atoms with E-state index in [2.05, 4.69) is 21.9 Å². The summed E-state index contributed by atoms with van der Waals surface area (Å²) in [4.78, 5) is 22.8. The van der Waals surface area contributed by atoms with Crippen molar-refractivity contribution in [2.75, 3.05) is 18.9 Å². The van der Waals surface area contributed by atoms with Crippen LogP contribution in [-0.4, -0.2) is 61.3 Å². The number of anilines is 1. The second-order valence-electron chi connectivity index (χ2n) is 9.95. The highest BCUT2D eigenvalue weighted by Gasteiger charge is 2.45. The normalized spacial score (nSPS) is 22.1. The molecule has 10 nitrogen and oxygen atoms in total. The number of aliphatic hydroxyl groups is 2. The van der Waals surface area contributed by atoms with Gasteiger partial charge in [0.1, 0.15) is 18.3 Å². The van der Waals surface area contributed by atoms with Crippen LogP contribution >= 0.6 is 0 Å². The van der Waals surface area contributed by atoms with Gasteiger partial charge in [0, 0.05) is 6.61 Å². The van der Waals surface area contributed by atoms with E-state index in [1.165, 1.54) is 87.9 Å². The molecule has 2 aromatic rings. The Balaban J connectivity index is 1.35. The van der Waals surface area contributed by atoms with Crippen molar-refractivity contribution in [1.82, 2.24) is 19.5 Å². The number of nitrogens with zero attached hydrogens (tertiary/aromatic N) is 3. The maximum Gasteiger partial charge on any atom is 0.280 e. The lowest BCUT2D eigenvalue weighted by Gasteiger charge is -2.22. The summed E-state index contributed by atoms with van der Waals surface area (Å²) in [5.74, 6) is -0.0358. The highest BCUT2D eigenvalue weighted by atomic mass is 16.6. The number of aromatic nitrogens is 4. The van der Waals surface area contributed by atoms with E-state index in [1.807, 2.05) is 0 Å². The minimum atomic E-state index is -1.01. The molecule has 3 heterocycles. The van der Waals surface area contributed by atoms with E-state index in [1.54, 1.807) is 0 Å². The number of H-pyrrole nitrogens is 1. The van der Waals surface area contributed by atoms with Gasteiger partial charge in [0.2, 0.25) is 5.95 Å². The van der Waals surface area contributed by atoms with Crippen molar-refractivity contribution in [3.05, 3.63) is 16.7 Å². The molecule has 1 unspecified atom stereocenters. The zero-order chi connectivity index (χ0) is 25.8. The van der Waals surface area contributed by atoms with Gasteiger partial charge in [-0.3, -0.25) is 14.3 Å². The van der Waals surface area contributed by atoms with Crippen LogP contribution in [-0.2, 0) is 9.47 Å². The Labute approximate surface area is 213 Å². The first kappa shape index (κ1) is 28.6. The molecular weight excluding hydrogens is 462 g/mol. The zero-order valence-corrected chi connectivity index (χ0v) is 21.7. The van der Waals surface area contributed by atoms with Gasteiger partial charge in [0.25, 0.3) is 5.56 Å². The van der Waals surface area contributed by atoms with E-state index in [-0.39, 0.29) is 23.7 Å². The van der Waals surface area contributed by atoms with Crippen molar-refractivity contribution in [3.8, 4) is 0 Å². The van der Waals surface area contributed by atoms with Crippen LogP contribution in [0.1, 0.15) is 103 Å². The van der Waals surface area contributed by atoms with Crippen LogP contribution in [0.25, 0.3) is 11.2 Å². The van der Waals surface area contributed by atoms with Crippen LogP contribution in [0.2, 0.25) is 0 Å². The van der Waals surface area contributed by atoms with Gasteiger partial charge < -0.3 is 25.4 Å². The smallest absolute Gasteiger partial charge is 0.280 e. The molecule has 36 heavy (non-hydrogen) atoms. The lowest BCUT2D eigenvalue weighted by Crippen LogP contribution is -2.35. The number of nitrogen functional groups attached to an aromatic ring is 1. The fraction of sp³-hybridized carbons (Fsp3) is 0.808. The first-order valence-electron chi connectivity index (χ1n) is 13.8. The standard InChI is InChI=1S/C26H45N5O5/c1-2-3-4-5-6-7-8-9-10-11-12-13-14-15-16-35-22-21(33)19(17-32)36-25(22)31-18-28-20-23(31)29-26(27)30-24(20)34/h18-19,21-22,25,32-33H,2-17H2,1H3,(H3,27,29,30,34)/t19-,21-,22-,25?/m1/s1. The summed E-state index contributed by atoms with van der Waals surface area (Å²) in [6.07, 6.45) is 16.0. The molecule has 5 N–H and O–H groups in total. The Morgan fingerprint density at radius 1 is 1.03 bits per heavy atom. The number of hydrogen-bond donors (Lipinski definition) is 4. The number of hydrogen-bond acceptors (Lipinski definition) is 8. The predicted molar refractivity (Wildman–Crippen MR) is 140 cm³/mol. The molecule has 1 aliphatic rings. The number of imidazole rings is 1. The van der Waals surface area contributed by atoms with Crippen LogP contribution in [0.4, 0.5) is 5.95 Å². The van der Waals surface area contributed by atoms with Crippen LogP contribution in [0.15, 0.2) is 11.1 Å². The van der Waals surface area contributed by atoms with Crippen molar-refractivity contribution in [2.24, 2.45) is 0 Å². The summed E-state index contributed by atoms with van der Waals surface area (Å²) in [7, 11) is 0. The number of nitrogens with one attached hydrogen (secondary N) is 1. The average molecular weight is 508 g/mol. The predicted octanol–water partition coefficient (Wildman–Crippen LogP) is 3.82. The first-order valence-corrected chi connectivity index (χ1v) is 13.8. The van der Waals surface area contributed by atoms with Gasteiger partial charge in [-0.1, -0.05) is 90.4 Å². The Bertz CT molecular complexity index is 948. The minimum Gasteiger partial charge on any atom is -0.394 e. The molecule has 4 atom stereocenters. The van der Waals surface area contributed by atoms with Gasteiger partial charge in [-0.05, 0) is 6.42 Å². The second-order valence-corrected chi connectivity index (χ2v) is 9.95. The summed E-state index contributed by atoms with van der Waals surface area (Å²) in [6, 6.07) is 0. The second kappa shape index (κ2) is 15.3. The summed E-state index contributed by atoms with van der Waals surface area (Å²) >= 11 is 0. The van der Waals surface area contributed by atoms with E-state index < -0.39 is 30.1 Å². The quantitative estimate of drug-likeness (QED) is 0.223. The summed E-state index contributed by atoms with van der Waals surface area (Å²) in [5.41, 5.74) is 5.62. The fourth-order valence-corrected chi connectivity index (χ4v) is 4.92. The molecule has 1 aliphatic heterocycles. The Morgan fingerprint density at radius 2 is 1.61 bits per heavy atom. The number of aliphatic hydroxyl groups excluding tert-OH is 2. The first-order chi connectivity index (χ1) is 17.6. The molecule has 10 heteroatoms. The van der Waals surface area contributed by atoms with E-state index in [4.69, 9.17) is 15.2 Å². The lowest BCUT2D eigenvalue weighted by molar-refractivity contribution is -0.0711. The van der Waals surface area contributed by atoms with Gasteiger partial charge in [0.05, 0.1) is 12.9 Å². The topological polar surface area (TPSA) is 149 Å². The largest absolute Gasteiger partial charge is 0.394 e. The molecule has 0 spiro atoms. The van der Waals surface area contributed by atoms with Gasteiger partial charge in [-0.25, -0.2) is 4.98 Å². The average Bonchev–Trinajstić information content (AvgIpc) is 3.42. The van der Waals surface area contributed by atoms with Gasteiger partial charge in [-0.15, -0.1) is 0 Å². The van der Waals surface area contributed by atoms with Gasteiger partial charge in [-0.2, -0.15) is 4.98 Å². The third kappa shape index (κ3) is 7.99. The van der Waals surface area contributed by atoms with Gasteiger partial charge >= 0.3 is 0 Å². The Morgan fingerprint density at radius 3 is 2.19 bits per heavy atom. The Hall–Kier alpha value is -2.01. The molecule has 0 bridgehead atoms. The third-order valence-electron chi connectivity index (χ3n) is 7.03. The number of nitrogens with two attached hydrogens (primary N) is 1. The molecule has 2 aromatic heterocycles. The van der Waals surface area contributed by atoms with E-state index >= 15 is 0 Å². The number of ether oxygens (including phenoxy) is 2. The number of fused-ring (bicyclic) bond motifs is 1. The molecule has 0 saturated carbocycles. The monoisotopic (exact) mass is 507 g/mol. The SMILES string of the molecule is CCCCCCCCCCCCCCCCO[C@H]1C(n2cnc3c(=O)[nH]c(N)nc32)O[C@H](CO)[C@H]1O. The van der Waals surface area contributed by atoms with E-state index in [0.29, 0.717) is 6.61 Å². The molecule has 1 fully saturated rings. The summed E-state index contributed by atoms with van der Waals surface area (Å²) < 4.78 is 13.4. The highest BCUT2D eigenvalue weighted by molar-refractivity contribution is 5.70. The van der Waals surface area contributed by atoms with Crippen LogP contribution in [0, 0.1) is 0 Å². The van der Waals surface area contributed by atoms with Crippen LogP contribution in [0.3, 0.4) is 0 Å². The number of aromatic amines is 1. The molecule has 0 aromatic carbocycles. The lowest BCUT2D eigenvalue weighted by atomic mass is 10.0. The van der Waals surface area contributed by atoms with Crippen molar-refractivity contribution < 1.29 is 19.7 Å². The number of rotatable bonds is 18. The Kier molecular flexibility index (Phi) is 12.1. The fourth-order valence-electron chi connectivity index (χ4n) is 4.92. The molecule has 204 valence electrons. The van der Waals surface area contributed by atoms with Crippen molar-refractivity contribution >= 4 is 17.1 Å². The summed E-state index contributed by atoms with van der Waals surface area (Å²) in [5, 5.41) is 20.3. The van der Waals surface area contributed by atoms with Crippen LogP contribution in [0.5, 0.6) is 0 Å². The zero-order valence-electron chi connectivity index (χ0n) is 21.7. The van der Waals surface area contributed by atoms with Crippen molar-refractivity contribution in [3.63, 3.8) is 0 Å². The maximum atomic E-state index is 12.1. The molecular formula is C26H45N5O5. The van der Waals surface area contributed by atoms with E-state index in [0.717, 1.165) is 12.8 Å². The number of unbranched alkanes of at least 4 members (excludes halogenated alkanes) is 13. The van der Waals surface area contributed by atoms with Crippen molar-refractivity contribution in [1.29, 1.82) is 0 Å². The molecule has 1 saturated heterocycles. The van der Waals surface area contributed by atoms with Crippen LogP contribution < -0.4 is 11.3 Å². The molecule has 0 aliphatic carbocycles. The minimum absolute atomic E-state index is 0.0358. The van der Waals surface area contributed by atoms with E-state index in [9.17, 15) is 15.0 Å². The molecule has 3 rings (SSSR count). The molecule has 0 amide bonds.